The maximum atomic E-state index is 12.8. The molecule has 0 bridgehead atoms. The summed E-state index contributed by atoms with van der Waals surface area (Å²) in [6.45, 7) is -3.07. The summed E-state index contributed by atoms with van der Waals surface area (Å²) in [5.74, 6) is -7.03. The highest BCUT2D eigenvalue weighted by Gasteiger charge is 2.60. The number of carboxylic acid groups (broad SMARTS) is 1. The number of amides is 2. The van der Waals surface area contributed by atoms with E-state index < -0.39 is 148 Å². The first-order valence-electron chi connectivity index (χ1n) is 14.4. The van der Waals surface area contributed by atoms with Gasteiger partial charge in [-0.1, -0.05) is 0 Å². The smallest absolute Gasteiger partial charge is 0.364 e. The molecule has 3 aliphatic heterocycles. The van der Waals surface area contributed by atoms with Crippen LogP contribution in [0.15, 0.2) is 0 Å². The molecule has 0 radical (unpaired) electrons. The van der Waals surface area contributed by atoms with Gasteiger partial charge >= 0.3 is 5.97 Å². The summed E-state index contributed by atoms with van der Waals surface area (Å²) in [6, 6.07) is -3.31. The average Bonchev–Trinajstić information content (AvgIpc) is 3.03. The number of hydrogen-bond acceptors (Lipinski definition) is 19. The quantitative estimate of drug-likeness (QED) is 0.0852. The van der Waals surface area contributed by atoms with Crippen LogP contribution >= 0.6 is 0 Å². The molecule has 2 amide bonds. The third kappa shape index (κ3) is 8.50. The number of ether oxygens (including phenoxy) is 5. The number of aliphatic hydroxyl groups is 11. The number of carboxylic acids is 1. The van der Waals surface area contributed by atoms with Crippen molar-refractivity contribution in [3.05, 3.63) is 0 Å². The Morgan fingerprint density at radius 1 is 0.872 bits per heavy atom. The summed E-state index contributed by atoms with van der Waals surface area (Å²) in [5, 5.41) is 127. The Kier molecular flexibility index (Phi) is 13.7. The zero-order valence-corrected chi connectivity index (χ0v) is 24.8. The number of carbonyl (C=O) groups excluding carboxylic acids is 2. The Labute approximate surface area is 265 Å². The lowest BCUT2D eigenvalue weighted by atomic mass is 9.88. The highest BCUT2D eigenvalue weighted by molar-refractivity contribution is 5.78. The standard InChI is InChI=1S/C25H42N2O20/c1-7(32)26-14-17(38)16(37)10(4-29)44-23(14)45-19-11(5-30)43-22(40)18(39)21(19)47-25(24(41)42)2-8(33)13(27-12(35)6-31)20(46-25)15(36)9(34)3-28/h8-11,13-23,28-31,33-34,36-40H,2-6H2,1H3,(H,26,32)(H,27,35)(H,41,42)/t8-,9+,10+,11+,13+,14+,15+,16-,17+,18+,19-,20+,21+,22+,23-,25-/m0/s1. The van der Waals surface area contributed by atoms with E-state index in [1.165, 1.54) is 0 Å². The molecule has 0 saturated carbocycles. The summed E-state index contributed by atoms with van der Waals surface area (Å²) < 4.78 is 27.7. The second kappa shape index (κ2) is 16.4. The number of rotatable bonds is 13. The molecule has 3 heterocycles. The van der Waals surface area contributed by atoms with Gasteiger partial charge in [0.15, 0.2) is 12.6 Å². The zero-order valence-electron chi connectivity index (χ0n) is 24.8. The molecule has 47 heavy (non-hydrogen) atoms. The van der Waals surface area contributed by atoms with Gasteiger partial charge in [0.1, 0.15) is 73.7 Å². The molecule has 14 N–H and O–H groups in total. The molecule has 3 fully saturated rings. The van der Waals surface area contributed by atoms with Gasteiger partial charge in [0.2, 0.25) is 11.8 Å². The van der Waals surface area contributed by atoms with Crippen LogP contribution in [0, 0.1) is 0 Å². The second-order valence-corrected chi connectivity index (χ2v) is 11.3. The van der Waals surface area contributed by atoms with Crippen molar-refractivity contribution in [2.45, 2.75) is 111 Å². The van der Waals surface area contributed by atoms with Crippen LogP contribution in [0.3, 0.4) is 0 Å². The molecule has 0 aromatic heterocycles. The Morgan fingerprint density at radius 2 is 1.51 bits per heavy atom. The fourth-order valence-electron chi connectivity index (χ4n) is 5.56. The molecule has 0 spiro atoms. The van der Waals surface area contributed by atoms with Crippen molar-refractivity contribution < 1.29 is 99.3 Å². The number of hydrogen-bond donors (Lipinski definition) is 14. The Bertz CT molecular complexity index is 1070. The Morgan fingerprint density at radius 3 is 2.04 bits per heavy atom. The van der Waals surface area contributed by atoms with E-state index in [-0.39, 0.29) is 0 Å². The van der Waals surface area contributed by atoms with Crippen LogP contribution < -0.4 is 10.6 Å². The summed E-state index contributed by atoms with van der Waals surface area (Å²) in [5.41, 5.74) is 0. The van der Waals surface area contributed by atoms with E-state index in [0.29, 0.717) is 0 Å². The SMILES string of the molecule is CC(=O)N[C@H]1[C@H](O[C@@H]2[C@H](O[C@]3(C(=O)O)C[C@H](O)[C@@H](NC(=O)CO)[C@H]([C@H](O)[C@H](O)CO)O3)[C@@H](O)[C@H](O)O[C@@H]2CO)O[C@H](CO)[C@H](O)[C@@H]1O. The van der Waals surface area contributed by atoms with Crippen LogP contribution in [0.1, 0.15) is 13.3 Å². The van der Waals surface area contributed by atoms with Crippen LogP contribution in [0.5, 0.6) is 0 Å². The van der Waals surface area contributed by atoms with Crippen LogP contribution in [-0.4, -0.2) is 203 Å². The highest BCUT2D eigenvalue weighted by Crippen LogP contribution is 2.38. The summed E-state index contributed by atoms with van der Waals surface area (Å²) >= 11 is 0. The third-order valence-electron chi connectivity index (χ3n) is 7.97. The maximum Gasteiger partial charge on any atom is 0.364 e. The molecule has 272 valence electrons. The molecule has 0 unspecified atom stereocenters. The maximum absolute atomic E-state index is 12.8. The van der Waals surface area contributed by atoms with Gasteiger partial charge in [-0.05, 0) is 0 Å². The fourth-order valence-corrected chi connectivity index (χ4v) is 5.56. The van der Waals surface area contributed by atoms with Gasteiger partial charge in [-0.2, -0.15) is 0 Å². The molecule has 0 aromatic carbocycles. The second-order valence-electron chi connectivity index (χ2n) is 11.3. The highest BCUT2D eigenvalue weighted by atomic mass is 16.8. The average molecular weight is 691 g/mol. The van der Waals surface area contributed by atoms with Gasteiger partial charge in [-0.15, -0.1) is 0 Å². The largest absolute Gasteiger partial charge is 0.477 e. The molecule has 0 aliphatic carbocycles. The van der Waals surface area contributed by atoms with E-state index in [2.05, 4.69) is 10.6 Å². The first kappa shape index (κ1) is 39.2. The van der Waals surface area contributed by atoms with E-state index in [4.69, 9.17) is 28.8 Å². The predicted octanol–water partition coefficient (Wildman–Crippen LogP) is -9.11. The normalized spacial score (nSPS) is 42.3. The van der Waals surface area contributed by atoms with Gasteiger partial charge in [-0.3, -0.25) is 9.59 Å². The van der Waals surface area contributed by atoms with Crippen molar-refractivity contribution in [1.82, 2.24) is 10.6 Å². The van der Waals surface area contributed by atoms with Gasteiger partial charge in [0.25, 0.3) is 5.79 Å². The fraction of sp³-hybridized carbons (Fsp3) is 0.880. The van der Waals surface area contributed by atoms with Gasteiger partial charge < -0.3 is 95.6 Å². The predicted molar refractivity (Wildman–Crippen MR) is 143 cm³/mol. The van der Waals surface area contributed by atoms with Gasteiger partial charge in [0.05, 0.1) is 32.0 Å². The van der Waals surface area contributed by atoms with Crippen LogP contribution in [0.25, 0.3) is 0 Å². The molecule has 3 saturated heterocycles. The van der Waals surface area contributed by atoms with Crippen molar-refractivity contribution in [2.75, 3.05) is 26.4 Å². The number of carbonyl (C=O) groups is 3. The molecular formula is C25H42N2O20. The van der Waals surface area contributed by atoms with E-state index in [1.807, 2.05) is 0 Å². The van der Waals surface area contributed by atoms with E-state index in [9.17, 15) is 70.6 Å². The minimum absolute atomic E-state index is 0.755. The zero-order chi connectivity index (χ0) is 35.4. The summed E-state index contributed by atoms with van der Waals surface area (Å²) in [4.78, 5) is 36.6. The lowest BCUT2D eigenvalue weighted by molar-refractivity contribution is -0.385. The first-order valence-corrected chi connectivity index (χ1v) is 14.4. The van der Waals surface area contributed by atoms with Crippen LogP contribution in [-0.2, 0) is 38.1 Å². The van der Waals surface area contributed by atoms with Gasteiger partial charge in [0, 0.05) is 13.3 Å². The van der Waals surface area contributed by atoms with Crippen LogP contribution in [0.4, 0.5) is 0 Å². The van der Waals surface area contributed by atoms with Crippen LogP contribution in [0.2, 0.25) is 0 Å². The topological polar surface area (TPSA) is 364 Å². The molecule has 22 nitrogen and oxygen atoms in total. The van der Waals surface area contributed by atoms with Gasteiger partial charge in [-0.25, -0.2) is 4.79 Å². The number of aliphatic carboxylic acids is 1. The third-order valence-corrected chi connectivity index (χ3v) is 7.97. The van der Waals surface area contributed by atoms with Crippen molar-refractivity contribution in [2.24, 2.45) is 0 Å². The van der Waals surface area contributed by atoms with E-state index >= 15 is 0 Å². The molecule has 22 heteroatoms. The molecule has 3 rings (SSSR count). The van der Waals surface area contributed by atoms with Crippen molar-refractivity contribution in [3.8, 4) is 0 Å². The minimum Gasteiger partial charge on any atom is -0.477 e. The summed E-state index contributed by atoms with van der Waals surface area (Å²) in [7, 11) is 0. The van der Waals surface area contributed by atoms with E-state index in [1.54, 1.807) is 0 Å². The first-order chi connectivity index (χ1) is 22.0. The monoisotopic (exact) mass is 690 g/mol. The van der Waals surface area contributed by atoms with Crippen molar-refractivity contribution in [1.29, 1.82) is 0 Å². The van der Waals surface area contributed by atoms with E-state index in [0.717, 1.165) is 6.92 Å². The lowest BCUT2D eigenvalue weighted by Gasteiger charge is -2.51. The molecule has 0 aromatic rings. The Hall–Kier alpha value is -2.23. The van der Waals surface area contributed by atoms with Crippen molar-refractivity contribution in [3.63, 3.8) is 0 Å². The molecule has 16 atom stereocenters. The van der Waals surface area contributed by atoms with Crippen molar-refractivity contribution >= 4 is 17.8 Å². The Balaban J connectivity index is 2.05. The summed E-state index contributed by atoms with van der Waals surface area (Å²) in [6.07, 6.45) is -26.6. The molecule has 3 aliphatic rings. The number of nitrogens with one attached hydrogen (secondary N) is 2. The number of aliphatic hydroxyl groups excluding tert-OH is 11. The lowest BCUT2D eigenvalue weighted by Crippen LogP contribution is -2.71. The minimum atomic E-state index is -3.13. The molecular weight excluding hydrogens is 648 g/mol.